The second-order valence-electron chi connectivity index (χ2n) is 6.68. The summed E-state index contributed by atoms with van der Waals surface area (Å²) in [4.78, 5) is 2.49. The molecule has 0 atom stereocenters. The molecule has 0 aliphatic carbocycles. The normalized spacial score (nSPS) is 18.5. The highest BCUT2D eigenvalue weighted by Gasteiger charge is 2.26. The molecule has 0 radical (unpaired) electrons. The Bertz CT molecular complexity index is 645. The number of nitrogens with zero attached hydrogens (tertiary/aromatic N) is 3. The van der Waals surface area contributed by atoms with E-state index in [1.807, 2.05) is 28.9 Å². The van der Waals surface area contributed by atoms with Crippen LogP contribution in [0, 0.1) is 6.92 Å². The minimum Gasteiger partial charge on any atom is -0.309 e. The second-order valence-corrected chi connectivity index (χ2v) is 7.12. The van der Waals surface area contributed by atoms with Crippen molar-refractivity contribution in [1.82, 2.24) is 20.0 Å². The second kappa shape index (κ2) is 6.03. The van der Waals surface area contributed by atoms with Gasteiger partial charge >= 0.3 is 0 Å². The van der Waals surface area contributed by atoms with E-state index in [1.165, 1.54) is 5.56 Å². The van der Waals surface area contributed by atoms with E-state index in [0.29, 0.717) is 0 Å². The van der Waals surface area contributed by atoms with Crippen LogP contribution in [0.3, 0.4) is 0 Å². The molecular formula is C17H23ClN4. The van der Waals surface area contributed by atoms with Crippen molar-refractivity contribution in [2.45, 2.75) is 32.9 Å². The third kappa shape index (κ3) is 3.51. The molecule has 22 heavy (non-hydrogen) atoms. The van der Waals surface area contributed by atoms with Gasteiger partial charge in [0.2, 0.25) is 0 Å². The van der Waals surface area contributed by atoms with Crippen molar-refractivity contribution in [1.29, 1.82) is 0 Å². The number of aromatic nitrogens is 2. The third-order valence-electron chi connectivity index (χ3n) is 4.14. The van der Waals surface area contributed by atoms with E-state index in [4.69, 9.17) is 11.6 Å². The maximum absolute atomic E-state index is 5.95. The SMILES string of the molecule is Cc1nn(-c2ccc(Cl)cc2)cc1CN1CCNC(C)(C)C1. The monoisotopic (exact) mass is 318 g/mol. The van der Waals surface area contributed by atoms with Crippen LogP contribution in [-0.4, -0.2) is 39.9 Å². The highest BCUT2D eigenvalue weighted by Crippen LogP contribution is 2.18. The summed E-state index contributed by atoms with van der Waals surface area (Å²) in [5.74, 6) is 0. The zero-order valence-corrected chi connectivity index (χ0v) is 14.2. The van der Waals surface area contributed by atoms with Crippen molar-refractivity contribution in [3.63, 3.8) is 0 Å². The highest BCUT2D eigenvalue weighted by molar-refractivity contribution is 6.30. The highest BCUT2D eigenvalue weighted by atomic mass is 35.5. The van der Waals surface area contributed by atoms with Crippen LogP contribution in [0.4, 0.5) is 0 Å². The van der Waals surface area contributed by atoms with Crippen LogP contribution in [0.15, 0.2) is 30.5 Å². The van der Waals surface area contributed by atoms with Crippen LogP contribution in [0.1, 0.15) is 25.1 Å². The van der Waals surface area contributed by atoms with Gasteiger partial charge in [-0.15, -0.1) is 0 Å². The Morgan fingerprint density at radius 1 is 1.27 bits per heavy atom. The summed E-state index contributed by atoms with van der Waals surface area (Å²) in [6.45, 7) is 10.7. The number of hydrogen-bond acceptors (Lipinski definition) is 3. The summed E-state index contributed by atoms with van der Waals surface area (Å²) in [6, 6.07) is 7.78. The van der Waals surface area contributed by atoms with Crippen LogP contribution in [0.2, 0.25) is 5.02 Å². The van der Waals surface area contributed by atoms with Crippen molar-refractivity contribution in [2.24, 2.45) is 0 Å². The van der Waals surface area contributed by atoms with Gasteiger partial charge in [-0.2, -0.15) is 5.10 Å². The Morgan fingerprint density at radius 3 is 2.68 bits per heavy atom. The van der Waals surface area contributed by atoms with Gasteiger partial charge in [0.1, 0.15) is 0 Å². The average molecular weight is 319 g/mol. The fourth-order valence-electron chi connectivity index (χ4n) is 3.00. The molecule has 0 amide bonds. The molecule has 0 unspecified atom stereocenters. The fourth-order valence-corrected chi connectivity index (χ4v) is 3.13. The van der Waals surface area contributed by atoms with Crippen molar-refractivity contribution in [3.05, 3.63) is 46.7 Å². The van der Waals surface area contributed by atoms with Gasteiger partial charge in [0.15, 0.2) is 0 Å². The minimum absolute atomic E-state index is 0.179. The lowest BCUT2D eigenvalue weighted by atomic mass is 10.0. The lowest BCUT2D eigenvalue weighted by Gasteiger charge is -2.39. The lowest BCUT2D eigenvalue weighted by Crippen LogP contribution is -2.56. The van der Waals surface area contributed by atoms with E-state index in [1.54, 1.807) is 0 Å². The van der Waals surface area contributed by atoms with Crippen LogP contribution in [0.25, 0.3) is 5.69 Å². The summed E-state index contributed by atoms with van der Waals surface area (Å²) < 4.78 is 1.94. The number of aryl methyl sites for hydroxylation is 1. The molecule has 118 valence electrons. The molecule has 1 aromatic carbocycles. The smallest absolute Gasteiger partial charge is 0.0646 e. The molecule has 1 aliphatic heterocycles. The quantitative estimate of drug-likeness (QED) is 0.944. The molecule has 5 heteroatoms. The van der Waals surface area contributed by atoms with Gasteiger partial charge in [-0.05, 0) is 45.0 Å². The Balaban J connectivity index is 1.76. The number of benzene rings is 1. The molecule has 0 saturated carbocycles. The van der Waals surface area contributed by atoms with Crippen LogP contribution >= 0.6 is 11.6 Å². The molecule has 4 nitrogen and oxygen atoms in total. The number of nitrogens with one attached hydrogen (secondary N) is 1. The predicted octanol–water partition coefficient (Wildman–Crippen LogP) is 3.02. The Labute approximate surface area is 137 Å². The lowest BCUT2D eigenvalue weighted by molar-refractivity contribution is 0.148. The molecule has 1 N–H and O–H groups in total. The van der Waals surface area contributed by atoms with Gasteiger partial charge in [0.05, 0.1) is 11.4 Å². The molecule has 1 aromatic heterocycles. The summed E-state index contributed by atoms with van der Waals surface area (Å²) in [5.41, 5.74) is 3.59. The third-order valence-corrected chi connectivity index (χ3v) is 4.39. The predicted molar refractivity (Wildman–Crippen MR) is 90.7 cm³/mol. The van der Waals surface area contributed by atoms with Crippen LogP contribution < -0.4 is 5.32 Å². The first-order valence-electron chi connectivity index (χ1n) is 7.71. The van der Waals surface area contributed by atoms with E-state index < -0.39 is 0 Å². The molecule has 1 saturated heterocycles. The van der Waals surface area contributed by atoms with E-state index in [0.717, 1.165) is 42.6 Å². The zero-order valence-electron chi connectivity index (χ0n) is 13.4. The van der Waals surface area contributed by atoms with Gasteiger partial charge in [0.25, 0.3) is 0 Å². The van der Waals surface area contributed by atoms with Crippen molar-refractivity contribution < 1.29 is 0 Å². The van der Waals surface area contributed by atoms with E-state index in [2.05, 4.69) is 42.3 Å². The molecular weight excluding hydrogens is 296 g/mol. The minimum atomic E-state index is 0.179. The Morgan fingerprint density at radius 2 is 2.00 bits per heavy atom. The number of rotatable bonds is 3. The summed E-state index contributed by atoms with van der Waals surface area (Å²) in [5, 5.41) is 8.94. The van der Waals surface area contributed by atoms with Gasteiger partial charge in [-0.1, -0.05) is 11.6 Å². The van der Waals surface area contributed by atoms with Crippen molar-refractivity contribution >= 4 is 11.6 Å². The van der Waals surface area contributed by atoms with E-state index >= 15 is 0 Å². The Kier molecular flexibility index (Phi) is 4.26. The molecule has 0 bridgehead atoms. The number of piperazine rings is 1. The van der Waals surface area contributed by atoms with E-state index in [-0.39, 0.29) is 5.54 Å². The fraction of sp³-hybridized carbons (Fsp3) is 0.471. The average Bonchev–Trinajstić information content (AvgIpc) is 2.80. The standard InChI is InChI=1S/C17H23ClN4/c1-13-14(10-21-9-8-19-17(2,3)12-21)11-22(20-13)16-6-4-15(18)5-7-16/h4-7,11,19H,8-10,12H2,1-3H3. The van der Waals surface area contributed by atoms with Gasteiger partial charge in [-0.3, -0.25) is 4.90 Å². The number of halogens is 1. The largest absolute Gasteiger partial charge is 0.309 e. The van der Waals surface area contributed by atoms with Crippen molar-refractivity contribution in [2.75, 3.05) is 19.6 Å². The summed E-state index contributed by atoms with van der Waals surface area (Å²) in [6.07, 6.45) is 2.13. The summed E-state index contributed by atoms with van der Waals surface area (Å²) >= 11 is 5.95. The molecule has 2 aromatic rings. The maximum Gasteiger partial charge on any atom is 0.0646 e. The van der Waals surface area contributed by atoms with Crippen LogP contribution in [0.5, 0.6) is 0 Å². The van der Waals surface area contributed by atoms with Gasteiger partial charge in [0, 0.05) is 48.5 Å². The molecule has 2 heterocycles. The first-order chi connectivity index (χ1) is 10.4. The van der Waals surface area contributed by atoms with Gasteiger partial charge in [-0.25, -0.2) is 4.68 Å². The first-order valence-corrected chi connectivity index (χ1v) is 8.09. The van der Waals surface area contributed by atoms with Crippen LogP contribution in [-0.2, 0) is 6.54 Å². The maximum atomic E-state index is 5.95. The Hall–Kier alpha value is -1.36. The van der Waals surface area contributed by atoms with Crippen molar-refractivity contribution in [3.8, 4) is 5.69 Å². The number of hydrogen-bond donors (Lipinski definition) is 1. The van der Waals surface area contributed by atoms with Gasteiger partial charge < -0.3 is 5.32 Å². The summed E-state index contributed by atoms with van der Waals surface area (Å²) in [7, 11) is 0. The molecule has 3 rings (SSSR count). The molecule has 1 fully saturated rings. The molecule has 0 spiro atoms. The molecule has 1 aliphatic rings. The topological polar surface area (TPSA) is 33.1 Å². The first kappa shape index (κ1) is 15.5. The van der Waals surface area contributed by atoms with E-state index in [9.17, 15) is 0 Å². The zero-order chi connectivity index (χ0) is 15.7.